The fourth-order valence-corrected chi connectivity index (χ4v) is 3.68. The quantitative estimate of drug-likeness (QED) is 0.725. The highest BCUT2D eigenvalue weighted by molar-refractivity contribution is 5.29. The normalized spacial score (nSPS) is 13.0. The molecule has 0 aromatic heterocycles. The van der Waals surface area contributed by atoms with Crippen LogP contribution >= 0.6 is 0 Å². The minimum atomic E-state index is 0.188. The summed E-state index contributed by atoms with van der Waals surface area (Å²) in [6.45, 7) is 7.86. The van der Waals surface area contributed by atoms with Gasteiger partial charge in [-0.25, -0.2) is 0 Å². The first-order valence-corrected chi connectivity index (χ1v) is 8.59. The average molecular weight is 295 g/mol. The molecule has 0 aliphatic carbocycles. The van der Waals surface area contributed by atoms with E-state index in [9.17, 15) is 0 Å². The van der Waals surface area contributed by atoms with E-state index in [-0.39, 0.29) is 5.41 Å². The summed E-state index contributed by atoms with van der Waals surface area (Å²) in [5, 5.41) is 3.77. The van der Waals surface area contributed by atoms with Crippen molar-refractivity contribution in [2.75, 3.05) is 6.54 Å². The van der Waals surface area contributed by atoms with Gasteiger partial charge in [0.2, 0.25) is 0 Å². The number of hydrogen-bond acceptors (Lipinski definition) is 1. The Morgan fingerprint density at radius 1 is 0.818 bits per heavy atom. The van der Waals surface area contributed by atoms with Crippen molar-refractivity contribution in [2.45, 2.75) is 51.5 Å². The third-order valence-electron chi connectivity index (χ3n) is 5.01. The van der Waals surface area contributed by atoms with Gasteiger partial charge in [0.25, 0.3) is 0 Å². The van der Waals surface area contributed by atoms with Crippen LogP contribution in [0.4, 0.5) is 0 Å². The first-order valence-electron chi connectivity index (χ1n) is 8.59. The molecule has 0 spiro atoms. The average Bonchev–Trinajstić information content (AvgIpc) is 2.58. The lowest BCUT2D eigenvalue weighted by Crippen LogP contribution is -2.49. The molecule has 1 unspecified atom stereocenters. The van der Waals surface area contributed by atoms with Crippen molar-refractivity contribution in [1.29, 1.82) is 0 Å². The van der Waals surface area contributed by atoms with Gasteiger partial charge < -0.3 is 5.32 Å². The Hall–Kier alpha value is -1.60. The Morgan fingerprint density at radius 2 is 1.36 bits per heavy atom. The second kappa shape index (κ2) is 8.14. The second-order valence-electron chi connectivity index (χ2n) is 6.03. The molecule has 1 heteroatoms. The van der Waals surface area contributed by atoms with Crippen LogP contribution in [0.5, 0.6) is 0 Å². The lowest BCUT2D eigenvalue weighted by atomic mass is 9.68. The van der Waals surface area contributed by atoms with Crippen molar-refractivity contribution >= 4 is 0 Å². The largest absolute Gasteiger partial charge is 0.313 e. The van der Waals surface area contributed by atoms with E-state index in [4.69, 9.17) is 0 Å². The van der Waals surface area contributed by atoms with Crippen molar-refractivity contribution < 1.29 is 0 Å². The van der Waals surface area contributed by atoms with E-state index in [1.165, 1.54) is 11.1 Å². The van der Waals surface area contributed by atoms with Crippen molar-refractivity contribution in [3.05, 3.63) is 71.8 Å². The third-order valence-corrected chi connectivity index (χ3v) is 5.01. The molecule has 2 aromatic carbocycles. The Morgan fingerprint density at radius 3 is 1.86 bits per heavy atom. The van der Waals surface area contributed by atoms with E-state index in [1.54, 1.807) is 0 Å². The molecule has 0 heterocycles. The van der Waals surface area contributed by atoms with Gasteiger partial charge in [-0.15, -0.1) is 0 Å². The molecule has 0 aliphatic rings. The van der Waals surface area contributed by atoms with Crippen LogP contribution in [0.2, 0.25) is 0 Å². The molecular formula is C21H29N. The van der Waals surface area contributed by atoms with Crippen LogP contribution in [0.3, 0.4) is 0 Å². The molecule has 0 fully saturated rings. The van der Waals surface area contributed by atoms with E-state index in [0.717, 1.165) is 25.8 Å². The lowest BCUT2D eigenvalue weighted by Gasteiger charge is -2.41. The Bertz CT molecular complexity index is 528. The van der Waals surface area contributed by atoms with E-state index >= 15 is 0 Å². The molecular weight excluding hydrogens is 266 g/mol. The maximum absolute atomic E-state index is 3.77. The summed E-state index contributed by atoms with van der Waals surface area (Å²) >= 11 is 0. The molecule has 2 aromatic rings. The van der Waals surface area contributed by atoms with Gasteiger partial charge in [-0.3, -0.25) is 0 Å². The minimum Gasteiger partial charge on any atom is -0.313 e. The SMILES string of the molecule is CCNC(Cc1ccccc1)C(CC)(CC)c1ccccc1. The fraction of sp³-hybridized carbons (Fsp3) is 0.429. The van der Waals surface area contributed by atoms with E-state index in [2.05, 4.69) is 86.8 Å². The number of benzene rings is 2. The van der Waals surface area contributed by atoms with Gasteiger partial charge in [0, 0.05) is 11.5 Å². The smallest absolute Gasteiger partial charge is 0.0204 e. The minimum absolute atomic E-state index is 0.188. The zero-order valence-electron chi connectivity index (χ0n) is 14.2. The Balaban J connectivity index is 2.37. The van der Waals surface area contributed by atoms with Crippen molar-refractivity contribution in [3.63, 3.8) is 0 Å². The molecule has 0 saturated heterocycles. The second-order valence-corrected chi connectivity index (χ2v) is 6.03. The van der Waals surface area contributed by atoms with Crippen molar-refractivity contribution in [3.8, 4) is 0 Å². The number of rotatable bonds is 8. The first kappa shape index (κ1) is 16.8. The molecule has 1 N–H and O–H groups in total. The van der Waals surface area contributed by atoms with Gasteiger partial charge in [0.05, 0.1) is 0 Å². The van der Waals surface area contributed by atoms with Crippen LogP contribution in [0.25, 0.3) is 0 Å². The van der Waals surface area contributed by atoms with E-state index < -0.39 is 0 Å². The van der Waals surface area contributed by atoms with Crippen molar-refractivity contribution in [1.82, 2.24) is 5.32 Å². The zero-order chi connectivity index (χ0) is 15.8. The van der Waals surface area contributed by atoms with Crippen LogP contribution < -0.4 is 5.32 Å². The van der Waals surface area contributed by atoms with Crippen molar-refractivity contribution in [2.24, 2.45) is 0 Å². The summed E-state index contributed by atoms with van der Waals surface area (Å²) in [7, 11) is 0. The van der Waals surface area contributed by atoms with Crippen LogP contribution in [0.15, 0.2) is 60.7 Å². The number of likely N-dealkylation sites (N-methyl/N-ethyl adjacent to an activating group) is 1. The van der Waals surface area contributed by atoms with Crippen LogP contribution in [0.1, 0.15) is 44.7 Å². The molecule has 118 valence electrons. The number of hydrogen-bond donors (Lipinski definition) is 1. The highest BCUT2D eigenvalue weighted by Gasteiger charge is 2.36. The molecule has 0 saturated carbocycles. The van der Waals surface area contributed by atoms with Crippen LogP contribution in [0, 0.1) is 0 Å². The van der Waals surface area contributed by atoms with E-state index in [0.29, 0.717) is 6.04 Å². The third kappa shape index (κ3) is 3.59. The molecule has 2 rings (SSSR count). The number of nitrogens with one attached hydrogen (secondary N) is 1. The first-order chi connectivity index (χ1) is 10.8. The molecule has 0 aliphatic heterocycles. The molecule has 22 heavy (non-hydrogen) atoms. The maximum atomic E-state index is 3.77. The summed E-state index contributed by atoms with van der Waals surface area (Å²) in [4.78, 5) is 0. The maximum Gasteiger partial charge on any atom is 0.0204 e. The fourth-order valence-electron chi connectivity index (χ4n) is 3.68. The molecule has 1 nitrogen and oxygen atoms in total. The molecule has 1 atom stereocenters. The summed E-state index contributed by atoms with van der Waals surface area (Å²) in [6, 6.07) is 22.3. The zero-order valence-corrected chi connectivity index (χ0v) is 14.2. The van der Waals surface area contributed by atoms with Crippen LogP contribution in [-0.4, -0.2) is 12.6 Å². The Labute approximate surface area is 135 Å². The monoisotopic (exact) mass is 295 g/mol. The summed E-state index contributed by atoms with van der Waals surface area (Å²) in [5.41, 5.74) is 3.06. The lowest BCUT2D eigenvalue weighted by molar-refractivity contribution is 0.272. The summed E-state index contributed by atoms with van der Waals surface area (Å²) < 4.78 is 0. The predicted octanol–water partition coefficient (Wildman–Crippen LogP) is 4.97. The highest BCUT2D eigenvalue weighted by atomic mass is 14.9. The van der Waals surface area contributed by atoms with Gasteiger partial charge in [-0.1, -0.05) is 81.4 Å². The molecule has 0 radical (unpaired) electrons. The predicted molar refractivity (Wildman–Crippen MR) is 96.3 cm³/mol. The van der Waals surface area contributed by atoms with Gasteiger partial charge in [-0.2, -0.15) is 0 Å². The molecule has 0 amide bonds. The van der Waals surface area contributed by atoms with Gasteiger partial charge in [-0.05, 0) is 36.9 Å². The van der Waals surface area contributed by atoms with E-state index in [1.807, 2.05) is 0 Å². The van der Waals surface area contributed by atoms with Gasteiger partial charge >= 0.3 is 0 Å². The molecule has 0 bridgehead atoms. The van der Waals surface area contributed by atoms with Gasteiger partial charge in [0.15, 0.2) is 0 Å². The van der Waals surface area contributed by atoms with Gasteiger partial charge in [0.1, 0.15) is 0 Å². The van der Waals surface area contributed by atoms with Crippen LogP contribution in [-0.2, 0) is 11.8 Å². The standard InChI is InChI=1S/C21H29N/c1-4-21(5-2,19-15-11-8-12-16-19)20(22-6-3)17-18-13-9-7-10-14-18/h7-16,20,22H,4-6,17H2,1-3H3. The highest BCUT2D eigenvalue weighted by Crippen LogP contribution is 2.36. The summed E-state index contributed by atoms with van der Waals surface area (Å²) in [5.74, 6) is 0. The Kier molecular flexibility index (Phi) is 6.21. The topological polar surface area (TPSA) is 12.0 Å². The summed E-state index contributed by atoms with van der Waals surface area (Å²) in [6.07, 6.45) is 3.38.